The van der Waals surface area contributed by atoms with Gasteiger partial charge in [0.15, 0.2) is 0 Å². The van der Waals surface area contributed by atoms with Crippen molar-refractivity contribution >= 4 is 43.2 Å². The van der Waals surface area contributed by atoms with E-state index < -0.39 is 10.0 Å². The minimum absolute atomic E-state index is 0.118. The first-order valence-electron chi connectivity index (χ1n) is 8.10. The Balaban J connectivity index is 1.73. The monoisotopic (exact) mass is 444 g/mol. The molecule has 0 atom stereocenters. The van der Waals surface area contributed by atoms with Gasteiger partial charge in [-0.1, -0.05) is 34.1 Å². The van der Waals surface area contributed by atoms with Crippen LogP contribution >= 0.6 is 15.9 Å². The Hall–Kier alpha value is -2.64. The molecule has 0 fully saturated rings. The summed E-state index contributed by atoms with van der Waals surface area (Å²) < 4.78 is 28.5. The molecule has 138 valence electrons. The number of para-hydroxylation sites is 1. The Kier molecular flexibility index (Phi) is 5.62. The molecule has 0 aliphatic rings. The van der Waals surface area contributed by atoms with Crippen LogP contribution in [0.25, 0.3) is 0 Å². The fourth-order valence-electron chi connectivity index (χ4n) is 2.41. The predicted octanol–water partition coefficient (Wildman–Crippen LogP) is 4.81. The van der Waals surface area contributed by atoms with Crippen molar-refractivity contribution in [1.29, 1.82) is 0 Å². The standard InChI is InChI=1S/C20H17BrN2O3S/c1-14-4-2-3-5-19(14)23-27(25,26)18-12-10-17(11-13-18)22-20(24)15-6-8-16(21)9-7-15/h2-13,23H,1H3,(H,22,24). The van der Waals surface area contributed by atoms with E-state index >= 15 is 0 Å². The summed E-state index contributed by atoms with van der Waals surface area (Å²) in [5.74, 6) is -0.267. The van der Waals surface area contributed by atoms with Crippen molar-refractivity contribution in [3.05, 3.63) is 88.4 Å². The third-order valence-electron chi connectivity index (χ3n) is 3.92. The van der Waals surface area contributed by atoms with E-state index in [4.69, 9.17) is 0 Å². The van der Waals surface area contributed by atoms with Crippen molar-refractivity contribution in [2.45, 2.75) is 11.8 Å². The minimum Gasteiger partial charge on any atom is -0.322 e. The van der Waals surface area contributed by atoms with Crippen LogP contribution in [-0.2, 0) is 10.0 Å². The number of benzene rings is 3. The average molecular weight is 445 g/mol. The van der Waals surface area contributed by atoms with Gasteiger partial charge in [-0.15, -0.1) is 0 Å². The van der Waals surface area contributed by atoms with Crippen LogP contribution in [0.2, 0.25) is 0 Å². The van der Waals surface area contributed by atoms with Crippen molar-refractivity contribution in [2.75, 3.05) is 10.0 Å². The zero-order valence-electron chi connectivity index (χ0n) is 14.4. The van der Waals surface area contributed by atoms with Gasteiger partial charge in [-0.05, 0) is 67.1 Å². The Labute approximate surface area is 166 Å². The molecule has 0 saturated heterocycles. The molecular weight excluding hydrogens is 428 g/mol. The van der Waals surface area contributed by atoms with Gasteiger partial charge in [0.05, 0.1) is 10.6 Å². The van der Waals surface area contributed by atoms with Crippen LogP contribution in [0.15, 0.2) is 82.2 Å². The molecule has 5 nitrogen and oxygen atoms in total. The van der Waals surface area contributed by atoms with E-state index in [1.165, 1.54) is 12.1 Å². The molecule has 0 radical (unpaired) electrons. The number of amides is 1. The Morgan fingerprint density at radius 2 is 1.52 bits per heavy atom. The van der Waals surface area contributed by atoms with Gasteiger partial charge in [0.2, 0.25) is 0 Å². The highest BCUT2D eigenvalue weighted by molar-refractivity contribution is 9.10. The van der Waals surface area contributed by atoms with Crippen LogP contribution in [0.4, 0.5) is 11.4 Å². The predicted molar refractivity (Wildman–Crippen MR) is 111 cm³/mol. The molecule has 0 aliphatic carbocycles. The summed E-state index contributed by atoms with van der Waals surface area (Å²) in [5, 5.41) is 2.75. The molecule has 27 heavy (non-hydrogen) atoms. The Bertz CT molecular complexity index is 1060. The number of hydrogen-bond acceptors (Lipinski definition) is 3. The van der Waals surface area contributed by atoms with Gasteiger partial charge in [-0.25, -0.2) is 8.42 Å². The third-order valence-corrected chi connectivity index (χ3v) is 5.83. The number of aryl methyl sites for hydroxylation is 1. The van der Waals surface area contributed by atoms with Crippen molar-refractivity contribution in [2.24, 2.45) is 0 Å². The van der Waals surface area contributed by atoms with Crippen LogP contribution < -0.4 is 10.0 Å². The summed E-state index contributed by atoms with van der Waals surface area (Å²) in [7, 11) is -3.71. The summed E-state index contributed by atoms with van der Waals surface area (Å²) in [6, 6.07) is 20.1. The van der Waals surface area contributed by atoms with E-state index in [1.54, 1.807) is 48.5 Å². The molecule has 3 aromatic rings. The van der Waals surface area contributed by atoms with Crippen LogP contribution in [-0.4, -0.2) is 14.3 Å². The summed E-state index contributed by atoms with van der Waals surface area (Å²) in [6.07, 6.45) is 0. The number of carbonyl (C=O) groups excluding carboxylic acids is 1. The molecule has 2 N–H and O–H groups in total. The lowest BCUT2D eigenvalue weighted by Crippen LogP contribution is -2.14. The first-order chi connectivity index (χ1) is 12.8. The summed E-state index contributed by atoms with van der Waals surface area (Å²) >= 11 is 3.32. The van der Waals surface area contributed by atoms with Gasteiger partial charge < -0.3 is 5.32 Å². The van der Waals surface area contributed by atoms with E-state index in [0.717, 1.165) is 10.0 Å². The maximum absolute atomic E-state index is 12.5. The van der Waals surface area contributed by atoms with Gasteiger partial charge in [0, 0.05) is 15.7 Å². The van der Waals surface area contributed by atoms with E-state index in [-0.39, 0.29) is 10.8 Å². The van der Waals surface area contributed by atoms with Gasteiger partial charge >= 0.3 is 0 Å². The number of anilines is 2. The average Bonchev–Trinajstić information content (AvgIpc) is 2.64. The van der Waals surface area contributed by atoms with E-state index in [1.807, 2.05) is 19.1 Å². The minimum atomic E-state index is -3.71. The largest absolute Gasteiger partial charge is 0.322 e. The van der Waals surface area contributed by atoms with E-state index in [9.17, 15) is 13.2 Å². The third kappa shape index (κ3) is 4.75. The van der Waals surface area contributed by atoms with Gasteiger partial charge in [0.25, 0.3) is 15.9 Å². The number of carbonyl (C=O) groups is 1. The highest BCUT2D eigenvalue weighted by Crippen LogP contribution is 2.21. The molecule has 3 rings (SSSR count). The molecule has 0 saturated carbocycles. The van der Waals surface area contributed by atoms with Crippen LogP contribution in [0.5, 0.6) is 0 Å². The second-order valence-electron chi connectivity index (χ2n) is 5.91. The fraction of sp³-hybridized carbons (Fsp3) is 0.0500. The lowest BCUT2D eigenvalue weighted by Gasteiger charge is -2.11. The van der Waals surface area contributed by atoms with Crippen molar-refractivity contribution < 1.29 is 13.2 Å². The molecule has 3 aromatic carbocycles. The highest BCUT2D eigenvalue weighted by atomic mass is 79.9. The van der Waals surface area contributed by atoms with Gasteiger partial charge in [0.1, 0.15) is 0 Å². The molecular formula is C20H17BrN2O3S. The van der Waals surface area contributed by atoms with Gasteiger partial charge in [-0.3, -0.25) is 9.52 Å². The number of sulfonamides is 1. The molecule has 0 unspecified atom stereocenters. The molecule has 0 aromatic heterocycles. The molecule has 0 heterocycles. The summed E-state index contributed by atoms with van der Waals surface area (Å²) in [5.41, 5.74) is 2.39. The van der Waals surface area contributed by atoms with Crippen LogP contribution in [0.3, 0.4) is 0 Å². The number of rotatable bonds is 5. The first kappa shape index (κ1) is 19.1. The molecule has 0 spiro atoms. The van der Waals surface area contributed by atoms with Crippen molar-refractivity contribution in [1.82, 2.24) is 0 Å². The lowest BCUT2D eigenvalue weighted by atomic mass is 10.2. The first-order valence-corrected chi connectivity index (χ1v) is 10.4. The highest BCUT2D eigenvalue weighted by Gasteiger charge is 2.15. The maximum atomic E-state index is 12.5. The lowest BCUT2D eigenvalue weighted by molar-refractivity contribution is 0.102. The second-order valence-corrected chi connectivity index (χ2v) is 8.50. The molecule has 1 amide bonds. The zero-order valence-corrected chi connectivity index (χ0v) is 16.8. The molecule has 0 bridgehead atoms. The number of nitrogens with one attached hydrogen (secondary N) is 2. The maximum Gasteiger partial charge on any atom is 0.261 e. The van der Waals surface area contributed by atoms with E-state index in [2.05, 4.69) is 26.0 Å². The van der Waals surface area contributed by atoms with Crippen molar-refractivity contribution in [3.8, 4) is 0 Å². The topological polar surface area (TPSA) is 75.3 Å². The quantitative estimate of drug-likeness (QED) is 0.592. The Morgan fingerprint density at radius 1 is 0.889 bits per heavy atom. The smallest absolute Gasteiger partial charge is 0.261 e. The fourth-order valence-corrected chi connectivity index (χ4v) is 3.81. The Morgan fingerprint density at radius 3 is 2.15 bits per heavy atom. The van der Waals surface area contributed by atoms with Crippen LogP contribution in [0.1, 0.15) is 15.9 Å². The van der Waals surface area contributed by atoms with Gasteiger partial charge in [-0.2, -0.15) is 0 Å². The van der Waals surface area contributed by atoms with E-state index in [0.29, 0.717) is 16.9 Å². The van der Waals surface area contributed by atoms with Crippen molar-refractivity contribution in [3.63, 3.8) is 0 Å². The SMILES string of the molecule is Cc1ccccc1NS(=O)(=O)c1ccc(NC(=O)c2ccc(Br)cc2)cc1. The second kappa shape index (κ2) is 7.94. The molecule has 0 aliphatic heterocycles. The van der Waals surface area contributed by atoms with Crippen LogP contribution in [0, 0.1) is 6.92 Å². The number of halogens is 1. The summed E-state index contributed by atoms with van der Waals surface area (Å²) in [4.78, 5) is 12.3. The zero-order chi connectivity index (χ0) is 19.4. The number of hydrogen-bond donors (Lipinski definition) is 2. The molecule has 7 heteroatoms. The summed E-state index contributed by atoms with van der Waals surface area (Å²) in [6.45, 7) is 1.83. The normalized spacial score (nSPS) is 11.0.